The summed E-state index contributed by atoms with van der Waals surface area (Å²) in [5.74, 6) is -11.1. The van der Waals surface area contributed by atoms with Crippen molar-refractivity contribution in [2.24, 2.45) is 0 Å². The summed E-state index contributed by atoms with van der Waals surface area (Å²) in [6.07, 6.45) is 0. The Kier molecular flexibility index (Phi) is 5.93. The summed E-state index contributed by atoms with van der Waals surface area (Å²) in [7, 11) is 0. The number of rotatable bonds is 5. The quantitative estimate of drug-likeness (QED) is 0.516. The number of aromatic nitrogens is 1. The van der Waals surface area contributed by atoms with Crippen LogP contribution < -0.4 is 5.32 Å². The predicted octanol–water partition coefficient (Wildman–Crippen LogP) is 3.20. The topological polar surface area (TPSA) is 109 Å². The fourth-order valence-electron chi connectivity index (χ4n) is 3.51. The minimum Gasteiger partial charge on any atom is -0.503 e. The Labute approximate surface area is 177 Å². The molecule has 11 heteroatoms. The number of carbonyl (C=O) groups excluding carboxylic acids is 2. The van der Waals surface area contributed by atoms with E-state index in [-0.39, 0.29) is 22.3 Å². The number of halogens is 4. The number of nitrogens with zero attached hydrogens (tertiary/aromatic N) is 1. The van der Waals surface area contributed by atoms with Crippen LogP contribution in [0.2, 0.25) is 0 Å². The summed E-state index contributed by atoms with van der Waals surface area (Å²) in [5, 5.41) is 20.1. The van der Waals surface area contributed by atoms with Crippen LogP contribution in [-0.2, 0) is 9.59 Å². The van der Waals surface area contributed by atoms with Crippen molar-refractivity contribution in [3.63, 3.8) is 0 Å². The molecule has 0 aliphatic rings. The molecule has 1 amide bonds. The first-order chi connectivity index (χ1) is 15.0. The van der Waals surface area contributed by atoms with E-state index in [1.165, 1.54) is 13.8 Å². The van der Waals surface area contributed by atoms with Gasteiger partial charge in [0.2, 0.25) is 5.91 Å². The van der Waals surface area contributed by atoms with Gasteiger partial charge in [-0.1, -0.05) is 0 Å². The van der Waals surface area contributed by atoms with Crippen molar-refractivity contribution in [1.82, 2.24) is 9.88 Å². The number of hydrogen-bond acceptors (Lipinski definition) is 4. The highest BCUT2D eigenvalue weighted by atomic mass is 19.2. The van der Waals surface area contributed by atoms with E-state index < -0.39 is 64.7 Å². The van der Waals surface area contributed by atoms with Gasteiger partial charge in [0.1, 0.15) is 6.54 Å². The zero-order valence-electron chi connectivity index (χ0n) is 16.7. The zero-order chi connectivity index (χ0) is 23.9. The number of phenolic OH excluding ortho intramolecular Hbond substituents is 1. The van der Waals surface area contributed by atoms with E-state index in [1.807, 2.05) is 0 Å². The van der Waals surface area contributed by atoms with Gasteiger partial charge in [-0.15, -0.1) is 0 Å². The van der Waals surface area contributed by atoms with E-state index in [0.29, 0.717) is 18.2 Å². The van der Waals surface area contributed by atoms with E-state index in [1.54, 1.807) is 0 Å². The summed E-state index contributed by atoms with van der Waals surface area (Å²) < 4.78 is 56.7. The number of hydrogen-bond donors (Lipinski definition) is 3. The van der Waals surface area contributed by atoms with E-state index in [0.717, 1.165) is 10.6 Å². The lowest BCUT2D eigenvalue weighted by molar-refractivity contribution is -0.138. The van der Waals surface area contributed by atoms with Crippen molar-refractivity contribution in [3.8, 4) is 5.75 Å². The Morgan fingerprint density at radius 3 is 2.31 bits per heavy atom. The smallest absolute Gasteiger partial charge is 0.322 e. The fraction of sp³-hybridized carbons (Fsp3) is 0.190. The van der Waals surface area contributed by atoms with Gasteiger partial charge in [-0.25, -0.2) is 17.6 Å². The Morgan fingerprint density at radius 2 is 1.72 bits per heavy atom. The first kappa shape index (κ1) is 22.8. The maximum atomic E-state index is 14.9. The van der Waals surface area contributed by atoms with Crippen molar-refractivity contribution < 1.29 is 42.2 Å². The molecule has 1 atom stereocenters. The predicted molar refractivity (Wildman–Crippen MR) is 103 cm³/mol. The number of fused-ring (bicyclic) bond motifs is 1. The summed E-state index contributed by atoms with van der Waals surface area (Å²) in [6, 6.07) is 2.96. The minimum atomic E-state index is -1.44. The summed E-state index contributed by atoms with van der Waals surface area (Å²) in [6.45, 7) is 1.88. The van der Waals surface area contributed by atoms with Gasteiger partial charge >= 0.3 is 5.97 Å². The summed E-state index contributed by atoms with van der Waals surface area (Å²) >= 11 is 0. The van der Waals surface area contributed by atoms with Gasteiger partial charge < -0.3 is 15.5 Å². The third-order valence-corrected chi connectivity index (χ3v) is 5.02. The molecule has 3 aromatic rings. The van der Waals surface area contributed by atoms with Crippen LogP contribution in [0.3, 0.4) is 0 Å². The van der Waals surface area contributed by atoms with Gasteiger partial charge in [-0.2, -0.15) is 0 Å². The molecule has 0 saturated heterocycles. The van der Waals surface area contributed by atoms with Crippen LogP contribution in [0.25, 0.3) is 10.9 Å². The van der Waals surface area contributed by atoms with Crippen molar-refractivity contribution >= 4 is 28.7 Å². The lowest BCUT2D eigenvalue weighted by Crippen LogP contribution is -2.32. The number of carbonyl (C=O) groups is 3. The molecule has 168 valence electrons. The maximum absolute atomic E-state index is 14.9. The summed E-state index contributed by atoms with van der Waals surface area (Å²) in [5.41, 5.74) is -0.867. The Bertz CT molecular complexity index is 1290. The maximum Gasteiger partial charge on any atom is 0.322 e. The highest BCUT2D eigenvalue weighted by molar-refractivity contribution is 6.06. The number of nitrogens with one attached hydrogen (secondary N) is 1. The second kappa shape index (κ2) is 8.33. The largest absolute Gasteiger partial charge is 0.503 e. The van der Waals surface area contributed by atoms with Gasteiger partial charge in [0.05, 0.1) is 11.4 Å². The van der Waals surface area contributed by atoms with Crippen LogP contribution in [0.15, 0.2) is 24.3 Å². The van der Waals surface area contributed by atoms with E-state index in [4.69, 9.17) is 5.11 Å². The third-order valence-electron chi connectivity index (χ3n) is 5.02. The molecule has 7 nitrogen and oxygen atoms in total. The molecule has 0 bridgehead atoms. The van der Waals surface area contributed by atoms with Gasteiger partial charge in [0, 0.05) is 22.7 Å². The second-order valence-corrected chi connectivity index (χ2v) is 7.02. The van der Waals surface area contributed by atoms with Gasteiger partial charge in [0.25, 0.3) is 5.91 Å². The Morgan fingerprint density at radius 1 is 1.06 bits per heavy atom. The van der Waals surface area contributed by atoms with Crippen LogP contribution >= 0.6 is 0 Å². The normalized spacial score (nSPS) is 12.1. The average molecular weight is 452 g/mol. The Hall–Kier alpha value is -3.89. The SMILES string of the molecule is Cc1c([C@H](C)C(=O)NCC(=O)O)c2c(F)c(O)c(F)cc2n1C(=O)c1ccc(F)c(F)c1. The molecule has 0 spiro atoms. The number of benzene rings is 2. The van der Waals surface area contributed by atoms with Crippen LogP contribution in [-0.4, -0.2) is 39.1 Å². The average Bonchev–Trinajstić information content (AvgIpc) is 3.02. The molecular weight excluding hydrogens is 436 g/mol. The van der Waals surface area contributed by atoms with Crippen molar-refractivity contribution in [2.45, 2.75) is 19.8 Å². The molecule has 3 N–H and O–H groups in total. The van der Waals surface area contributed by atoms with Crippen LogP contribution in [0.4, 0.5) is 17.6 Å². The molecule has 0 aliphatic heterocycles. The van der Waals surface area contributed by atoms with Crippen LogP contribution in [0.1, 0.15) is 34.5 Å². The standard InChI is InChI=1S/C21H16F4N2O5/c1-8(20(31)26-7-15(28)29)16-9(2)27(14-6-13(24)19(30)18(25)17(14)16)21(32)10-3-4-11(22)12(23)5-10/h3-6,8,30H,7H2,1-2H3,(H,26,31)(H,28,29)/t8-/m0/s1. The number of aliphatic carboxylic acids is 1. The summed E-state index contributed by atoms with van der Waals surface area (Å²) in [4.78, 5) is 36.2. The first-order valence-corrected chi connectivity index (χ1v) is 9.16. The third kappa shape index (κ3) is 3.77. The van der Waals surface area contributed by atoms with E-state index in [9.17, 15) is 37.1 Å². The minimum absolute atomic E-state index is 0.0448. The van der Waals surface area contributed by atoms with Crippen LogP contribution in [0, 0.1) is 30.2 Å². The molecule has 1 aromatic heterocycles. The molecule has 0 radical (unpaired) electrons. The molecule has 0 aliphatic carbocycles. The zero-order valence-corrected chi connectivity index (χ0v) is 16.7. The highest BCUT2D eigenvalue weighted by Gasteiger charge is 2.31. The van der Waals surface area contributed by atoms with E-state index >= 15 is 0 Å². The fourth-order valence-corrected chi connectivity index (χ4v) is 3.51. The van der Waals surface area contributed by atoms with Crippen LogP contribution in [0.5, 0.6) is 5.75 Å². The molecule has 3 rings (SSSR count). The lowest BCUT2D eigenvalue weighted by Gasteiger charge is -2.13. The first-order valence-electron chi connectivity index (χ1n) is 9.16. The number of carboxylic acids is 1. The molecular formula is C21H16F4N2O5. The molecule has 32 heavy (non-hydrogen) atoms. The monoisotopic (exact) mass is 452 g/mol. The highest BCUT2D eigenvalue weighted by Crippen LogP contribution is 2.38. The van der Waals surface area contributed by atoms with Gasteiger partial charge in [-0.05, 0) is 37.6 Å². The van der Waals surface area contributed by atoms with Crippen molar-refractivity contribution in [2.75, 3.05) is 6.54 Å². The second-order valence-electron chi connectivity index (χ2n) is 7.02. The van der Waals surface area contributed by atoms with Gasteiger partial charge in [-0.3, -0.25) is 19.0 Å². The number of carboxylic acid groups (broad SMARTS) is 1. The molecule has 0 fully saturated rings. The molecule has 0 unspecified atom stereocenters. The van der Waals surface area contributed by atoms with E-state index in [2.05, 4.69) is 5.32 Å². The number of phenols is 1. The molecule has 1 heterocycles. The van der Waals surface area contributed by atoms with Crippen molar-refractivity contribution in [1.29, 1.82) is 0 Å². The number of amides is 1. The molecule has 0 saturated carbocycles. The molecule has 2 aromatic carbocycles. The number of aromatic hydroxyl groups is 1. The Balaban J connectivity index is 2.27. The van der Waals surface area contributed by atoms with Crippen molar-refractivity contribution in [3.05, 3.63) is 64.4 Å². The lowest BCUT2D eigenvalue weighted by atomic mass is 9.96. The van der Waals surface area contributed by atoms with Gasteiger partial charge in [0.15, 0.2) is 29.0 Å².